The van der Waals surface area contributed by atoms with E-state index in [1.165, 1.54) is 24.6 Å². The van der Waals surface area contributed by atoms with Crippen LogP contribution in [-0.2, 0) is 4.79 Å². The lowest BCUT2D eigenvalue weighted by molar-refractivity contribution is -0.128. The Morgan fingerprint density at radius 2 is 1.77 bits per heavy atom. The van der Waals surface area contributed by atoms with Gasteiger partial charge in [0.05, 0.1) is 5.75 Å². The van der Waals surface area contributed by atoms with Gasteiger partial charge in [-0.1, -0.05) is 48.3 Å². The molecule has 2 heterocycles. The van der Waals surface area contributed by atoms with Crippen molar-refractivity contribution in [2.45, 2.75) is 37.8 Å². The van der Waals surface area contributed by atoms with Crippen LogP contribution < -0.4 is 0 Å². The largest absolute Gasteiger partial charge is 0.342 e. The number of carbonyl (C=O) groups excluding carboxylic acids is 1. The van der Waals surface area contributed by atoms with Crippen molar-refractivity contribution in [3.63, 3.8) is 0 Å². The molecular formula is C23H25ClN4OS. The number of amides is 1. The normalized spacial score (nSPS) is 14.5. The first-order chi connectivity index (χ1) is 14.6. The molecule has 0 N–H and O–H groups in total. The average molecular weight is 441 g/mol. The van der Waals surface area contributed by atoms with Gasteiger partial charge in [-0.05, 0) is 61.7 Å². The number of nitrogens with zero attached hydrogens (tertiary/aromatic N) is 4. The highest BCUT2D eigenvalue weighted by atomic mass is 35.5. The van der Waals surface area contributed by atoms with Gasteiger partial charge in [-0.15, -0.1) is 10.2 Å². The maximum atomic E-state index is 12.8. The summed E-state index contributed by atoms with van der Waals surface area (Å²) in [6.45, 7) is 3.78. The van der Waals surface area contributed by atoms with Gasteiger partial charge >= 0.3 is 0 Å². The summed E-state index contributed by atoms with van der Waals surface area (Å²) >= 11 is 7.51. The van der Waals surface area contributed by atoms with E-state index in [9.17, 15) is 4.79 Å². The van der Waals surface area contributed by atoms with Gasteiger partial charge < -0.3 is 4.90 Å². The van der Waals surface area contributed by atoms with Crippen LogP contribution in [0.5, 0.6) is 0 Å². The highest BCUT2D eigenvalue weighted by Gasteiger charge is 2.20. The quantitative estimate of drug-likeness (QED) is 0.499. The van der Waals surface area contributed by atoms with E-state index in [4.69, 9.17) is 11.6 Å². The number of halogens is 1. The number of aryl methyl sites for hydroxylation is 1. The fourth-order valence-corrected chi connectivity index (χ4v) is 4.67. The molecule has 0 aliphatic carbocycles. The molecule has 7 heteroatoms. The topological polar surface area (TPSA) is 51.0 Å². The minimum absolute atomic E-state index is 0.175. The molecule has 1 aromatic heterocycles. The summed E-state index contributed by atoms with van der Waals surface area (Å²) in [7, 11) is 0. The second kappa shape index (κ2) is 9.67. The zero-order chi connectivity index (χ0) is 20.9. The van der Waals surface area contributed by atoms with Gasteiger partial charge in [0.2, 0.25) is 5.91 Å². The molecule has 0 unspecified atom stereocenters. The molecule has 4 rings (SSSR count). The molecule has 1 amide bonds. The number of carbonyl (C=O) groups is 1. The van der Waals surface area contributed by atoms with Crippen molar-refractivity contribution in [2.75, 3.05) is 18.8 Å². The second-order valence-corrected chi connectivity index (χ2v) is 8.95. The molecule has 0 saturated carbocycles. The average Bonchev–Trinajstić information content (AvgIpc) is 2.97. The first-order valence-corrected chi connectivity index (χ1v) is 11.7. The molecule has 30 heavy (non-hydrogen) atoms. The van der Waals surface area contributed by atoms with E-state index in [1.54, 1.807) is 0 Å². The summed E-state index contributed by atoms with van der Waals surface area (Å²) in [5.41, 5.74) is 3.06. The van der Waals surface area contributed by atoms with Crippen molar-refractivity contribution < 1.29 is 4.79 Å². The Morgan fingerprint density at radius 3 is 2.47 bits per heavy atom. The number of aromatic nitrogens is 3. The third kappa shape index (κ3) is 4.87. The maximum absolute atomic E-state index is 12.8. The molecule has 0 bridgehead atoms. The minimum atomic E-state index is 0.175. The van der Waals surface area contributed by atoms with Gasteiger partial charge in [0, 0.05) is 29.4 Å². The summed E-state index contributed by atoms with van der Waals surface area (Å²) < 4.78 is 2.02. The van der Waals surface area contributed by atoms with E-state index in [1.807, 2.05) is 45.9 Å². The predicted molar refractivity (Wildman–Crippen MR) is 122 cm³/mol. The number of thioether (sulfide) groups is 1. The van der Waals surface area contributed by atoms with Crippen molar-refractivity contribution >= 4 is 29.3 Å². The highest BCUT2D eigenvalue weighted by molar-refractivity contribution is 7.99. The molecule has 1 aliphatic heterocycles. The van der Waals surface area contributed by atoms with Crippen LogP contribution in [0.2, 0.25) is 5.02 Å². The molecule has 0 spiro atoms. The van der Waals surface area contributed by atoms with Crippen LogP contribution in [0.1, 0.15) is 31.2 Å². The van der Waals surface area contributed by atoms with E-state index in [0.29, 0.717) is 15.9 Å². The van der Waals surface area contributed by atoms with E-state index in [2.05, 4.69) is 29.3 Å². The van der Waals surface area contributed by atoms with Crippen LogP contribution in [0.4, 0.5) is 0 Å². The van der Waals surface area contributed by atoms with Gasteiger partial charge in [0.1, 0.15) is 0 Å². The van der Waals surface area contributed by atoms with Gasteiger partial charge in [-0.25, -0.2) is 0 Å². The van der Waals surface area contributed by atoms with Crippen LogP contribution in [-0.4, -0.2) is 44.4 Å². The van der Waals surface area contributed by atoms with Gasteiger partial charge in [-0.3, -0.25) is 9.36 Å². The zero-order valence-electron chi connectivity index (χ0n) is 17.1. The van der Waals surface area contributed by atoms with Crippen LogP contribution in [0, 0.1) is 6.92 Å². The van der Waals surface area contributed by atoms with Crippen molar-refractivity contribution in [1.29, 1.82) is 0 Å². The molecule has 5 nitrogen and oxygen atoms in total. The maximum Gasteiger partial charge on any atom is 0.233 e. The van der Waals surface area contributed by atoms with E-state index < -0.39 is 0 Å². The van der Waals surface area contributed by atoms with Crippen molar-refractivity contribution in [2.24, 2.45) is 0 Å². The lowest BCUT2D eigenvalue weighted by Gasteiger charge is -2.20. The monoisotopic (exact) mass is 440 g/mol. The Bertz CT molecular complexity index is 1010. The number of benzene rings is 2. The Kier molecular flexibility index (Phi) is 6.75. The molecule has 3 aromatic rings. The molecule has 1 fully saturated rings. The summed E-state index contributed by atoms with van der Waals surface area (Å²) in [6, 6.07) is 15.8. The fraction of sp³-hybridized carbons (Fsp3) is 0.348. The smallest absolute Gasteiger partial charge is 0.233 e. The zero-order valence-corrected chi connectivity index (χ0v) is 18.6. The Balaban J connectivity index is 1.62. The molecule has 1 saturated heterocycles. The molecule has 156 valence electrons. The molecule has 0 radical (unpaired) electrons. The van der Waals surface area contributed by atoms with E-state index in [0.717, 1.165) is 48.6 Å². The highest BCUT2D eigenvalue weighted by Crippen LogP contribution is 2.29. The first kappa shape index (κ1) is 20.9. The lowest BCUT2D eigenvalue weighted by Crippen LogP contribution is -2.33. The summed E-state index contributed by atoms with van der Waals surface area (Å²) in [6.07, 6.45) is 4.61. The van der Waals surface area contributed by atoms with E-state index in [-0.39, 0.29) is 5.91 Å². The number of rotatable bonds is 5. The van der Waals surface area contributed by atoms with Crippen LogP contribution in [0.15, 0.2) is 53.7 Å². The Labute approximate surface area is 186 Å². The first-order valence-electron chi connectivity index (χ1n) is 10.3. The van der Waals surface area contributed by atoms with Crippen molar-refractivity contribution in [3.8, 4) is 17.1 Å². The lowest BCUT2D eigenvalue weighted by atomic mass is 10.2. The number of hydrogen-bond donors (Lipinski definition) is 0. The van der Waals surface area contributed by atoms with Gasteiger partial charge in [0.15, 0.2) is 11.0 Å². The van der Waals surface area contributed by atoms with Gasteiger partial charge in [-0.2, -0.15) is 0 Å². The summed E-state index contributed by atoms with van der Waals surface area (Å²) in [5.74, 6) is 1.28. The summed E-state index contributed by atoms with van der Waals surface area (Å²) in [5, 5.41) is 10.3. The molecular weight excluding hydrogens is 416 g/mol. The summed E-state index contributed by atoms with van der Waals surface area (Å²) in [4.78, 5) is 14.8. The van der Waals surface area contributed by atoms with Crippen molar-refractivity contribution in [3.05, 3.63) is 59.1 Å². The standard InChI is InChI=1S/C23H25ClN4OS/c1-17-7-6-8-20(15-17)28-22(18-9-11-19(24)12-10-18)25-26-23(28)30-16-21(29)27-13-4-2-3-5-14-27/h6-12,15H,2-5,13-14,16H2,1H3. The molecule has 1 aliphatic rings. The Hall–Kier alpha value is -2.31. The van der Waals surface area contributed by atoms with E-state index >= 15 is 0 Å². The second-order valence-electron chi connectivity index (χ2n) is 7.57. The number of hydrogen-bond acceptors (Lipinski definition) is 4. The van der Waals surface area contributed by atoms with Crippen LogP contribution in [0.3, 0.4) is 0 Å². The van der Waals surface area contributed by atoms with Crippen LogP contribution >= 0.6 is 23.4 Å². The third-order valence-corrected chi connectivity index (χ3v) is 6.44. The van der Waals surface area contributed by atoms with Crippen LogP contribution in [0.25, 0.3) is 17.1 Å². The number of likely N-dealkylation sites (tertiary alicyclic amines) is 1. The molecule has 2 aromatic carbocycles. The SMILES string of the molecule is Cc1cccc(-n2c(SCC(=O)N3CCCCCC3)nnc2-c2ccc(Cl)cc2)c1. The minimum Gasteiger partial charge on any atom is -0.342 e. The predicted octanol–water partition coefficient (Wildman–Crippen LogP) is 5.39. The fourth-order valence-electron chi connectivity index (χ4n) is 3.69. The van der Waals surface area contributed by atoms with Crippen molar-refractivity contribution in [1.82, 2.24) is 19.7 Å². The Morgan fingerprint density at radius 1 is 1.03 bits per heavy atom. The van der Waals surface area contributed by atoms with Gasteiger partial charge in [0.25, 0.3) is 0 Å². The third-order valence-electron chi connectivity index (χ3n) is 5.28. The molecule has 0 atom stereocenters.